The predicted octanol–water partition coefficient (Wildman–Crippen LogP) is 4.83. The number of carboxylic acid groups (broad SMARTS) is 1. The molecule has 3 saturated heterocycles. The lowest BCUT2D eigenvalue weighted by Crippen LogP contribution is -2.68. The van der Waals surface area contributed by atoms with Gasteiger partial charge in [-0.2, -0.15) is 0 Å². The zero-order valence-corrected chi connectivity index (χ0v) is 27.6. The van der Waals surface area contributed by atoms with Gasteiger partial charge in [0.05, 0.1) is 32.4 Å². The Morgan fingerprint density at radius 1 is 1.10 bits per heavy atom. The Morgan fingerprint density at radius 3 is 2.67 bits per heavy atom. The molecule has 8 rings (SSSR count). The van der Waals surface area contributed by atoms with Gasteiger partial charge in [-0.05, 0) is 42.8 Å². The molecule has 3 aliphatic rings. The molecule has 3 atom stereocenters. The first kappa shape index (κ1) is 32.7. The molecule has 1 spiro atoms. The molecule has 0 aliphatic carbocycles. The van der Waals surface area contributed by atoms with Crippen LogP contribution in [-0.2, 0) is 19.1 Å². The number of hydrogen-bond acceptors (Lipinski definition) is 12. The van der Waals surface area contributed by atoms with Crippen LogP contribution < -0.4 is 19.9 Å². The van der Waals surface area contributed by atoms with E-state index in [1.54, 1.807) is 48.8 Å². The zero-order chi connectivity index (χ0) is 35.4. The van der Waals surface area contributed by atoms with Crippen LogP contribution in [0.5, 0.6) is 5.88 Å². The van der Waals surface area contributed by atoms with E-state index in [1.807, 2.05) is 13.0 Å². The number of furan rings is 1. The average Bonchev–Trinajstić information content (AvgIpc) is 3.69. The van der Waals surface area contributed by atoms with Gasteiger partial charge in [-0.15, -0.1) is 0 Å². The van der Waals surface area contributed by atoms with Crippen LogP contribution in [0.25, 0.3) is 33.2 Å². The van der Waals surface area contributed by atoms with Crippen molar-refractivity contribution < 1.29 is 42.1 Å². The normalized spacial score (nSPS) is 21.4. The number of nitrogens with one attached hydrogen (secondary N) is 1. The molecular weight excluding hydrogens is 668 g/mol. The number of halogens is 2. The van der Waals surface area contributed by atoms with Crippen LogP contribution in [0.1, 0.15) is 32.5 Å². The Labute approximate surface area is 289 Å². The first-order chi connectivity index (χ1) is 24.6. The minimum absolute atomic E-state index is 0.00739. The van der Waals surface area contributed by atoms with E-state index in [0.29, 0.717) is 48.8 Å². The second-order valence-electron chi connectivity index (χ2n) is 12.9. The smallest absolute Gasteiger partial charge is 0.326 e. The predicted molar refractivity (Wildman–Crippen MR) is 180 cm³/mol. The Kier molecular flexibility index (Phi) is 8.14. The van der Waals surface area contributed by atoms with Crippen molar-refractivity contribution in [1.29, 1.82) is 0 Å². The zero-order valence-electron chi connectivity index (χ0n) is 27.6. The van der Waals surface area contributed by atoms with E-state index in [1.165, 1.54) is 11.8 Å². The van der Waals surface area contributed by atoms with Gasteiger partial charge in [0.25, 0.3) is 6.43 Å². The summed E-state index contributed by atoms with van der Waals surface area (Å²) in [7, 11) is 0. The molecule has 51 heavy (non-hydrogen) atoms. The fraction of sp³-hybridized carbons (Fsp3) is 0.371. The molecule has 16 heteroatoms. The van der Waals surface area contributed by atoms with Crippen molar-refractivity contribution in [1.82, 2.24) is 19.9 Å². The highest BCUT2D eigenvalue weighted by Gasteiger charge is 2.50. The van der Waals surface area contributed by atoms with Gasteiger partial charge in [0.15, 0.2) is 17.2 Å². The number of carbonyl (C=O) groups is 2. The summed E-state index contributed by atoms with van der Waals surface area (Å²) < 4.78 is 52.5. The molecule has 3 fully saturated rings. The molecule has 14 nitrogen and oxygen atoms in total. The highest BCUT2D eigenvalue weighted by Crippen LogP contribution is 2.42. The molecular formula is C35H33F2N7O7. The van der Waals surface area contributed by atoms with Crippen LogP contribution >= 0.6 is 0 Å². The molecule has 2 N–H and O–H groups in total. The molecule has 7 heterocycles. The van der Waals surface area contributed by atoms with Gasteiger partial charge in [-0.3, -0.25) is 4.79 Å². The Morgan fingerprint density at radius 2 is 1.92 bits per heavy atom. The fourth-order valence-electron chi connectivity index (χ4n) is 7.05. The Balaban J connectivity index is 1.17. The van der Waals surface area contributed by atoms with Crippen LogP contribution in [0, 0.1) is 0 Å². The summed E-state index contributed by atoms with van der Waals surface area (Å²) in [6.07, 6.45) is -0.489. The van der Waals surface area contributed by atoms with Crippen molar-refractivity contribution in [2.75, 3.05) is 48.0 Å². The maximum atomic E-state index is 14.1. The highest BCUT2D eigenvalue weighted by atomic mass is 19.3. The number of rotatable bonds is 8. The maximum absolute atomic E-state index is 14.1. The lowest BCUT2D eigenvalue weighted by molar-refractivity contribution is -0.228. The number of aliphatic carboxylic acids is 1. The number of benzene rings is 1. The van der Waals surface area contributed by atoms with Crippen molar-refractivity contribution in [3.05, 3.63) is 60.7 Å². The summed E-state index contributed by atoms with van der Waals surface area (Å²) in [4.78, 5) is 45.1. The monoisotopic (exact) mass is 701 g/mol. The molecule has 0 unspecified atom stereocenters. The van der Waals surface area contributed by atoms with Crippen molar-refractivity contribution in [3.63, 3.8) is 0 Å². The number of para-hydroxylation sites is 1. The highest BCUT2D eigenvalue weighted by molar-refractivity contribution is 6.06. The fourth-order valence-corrected chi connectivity index (χ4v) is 7.05. The summed E-state index contributed by atoms with van der Waals surface area (Å²) in [5.74, 6) is -1.56. The van der Waals surface area contributed by atoms with Gasteiger partial charge in [-0.25, -0.2) is 33.5 Å². The van der Waals surface area contributed by atoms with Gasteiger partial charge in [0, 0.05) is 43.2 Å². The molecule has 3 aliphatic heterocycles. The molecule has 5 aromatic rings. The second-order valence-corrected chi connectivity index (χ2v) is 12.9. The minimum Gasteiger partial charge on any atom is -0.480 e. The van der Waals surface area contributed by atoms with Gasteiger partial charge in [0.1, 0.15) is 40.4 Å². The number of pyridine rings is 2. The van der Waals surface area contributed by atoms with Crippen molar-refractivity contribution in [2.24, 2.45) is 0 Å². The van der Waals surface area contributed by atoms with Crippen LogP contribution in [0.3, 0.4) is 0 Å². The number of aromatic nitrogens is 4. The van der Waals surface area contributed by atoms with Crippen molar-refractivity contribution >= 4 is 51.3 Å². The van der Waals surface area contributed by atoms with E-state index >= 15 is 0 Å². The third kappa shape index (κ3) is 5.83. The van der Waals surface area contributed by atoms with Crippen LogP contribution in [-0.4, -0.2) is 93.6 Å². The van der Waals surface area contributed by atoms with Crippen molar-refractivity contribution in [3.8, 4) is 17.0 Å². The number of fused-ring (bicyclic) bond motifs is 3. The Bertz CT molecular complexity index is 2160. The summed E-state index contributed by atoms with van der Waals surface area (Å²) in [5.41, 5.74) is 2.33. The standard InChI is InChI=1S/C35H33F2N7O7/c1-18-35(16-48-17-35)49-10-9-43(18)24-11-21(20-7-8-38-27(12-20)40-19(2)45)14-39-33(24)50-22-13-25(34(46)47)44(15-22)32-29-28(41-31(42-32)30(36)37)23-5-3-4-6-26(23)51-29/h3-8,11-12,14,18,22,25,30H,9-10,13,15-17H2,1-2H3,(H,46,47)(H,38,40,45)/t18-,22-,25-/m0/s1. The summed E-state index contributed by atoms with van der Waals surface area (Å²) in [5, 5.41) is 13.6. The van der Waals surface area contributed by atoms with Crippen molar-refractivity contribution in [2.45, 2.75) is 50.5 Å². The molecule has 0 radical (unpaired) electrons. The molecule has 0 bridgehead atoms. The maximum Gasteiger partial charge on any atom is 0.326 e. The number of carbonyl (C=O) groups excluding carboxylic acids is 1. The van der Waals surface area contributed by atoms with Gasteiger partial charge >= 0.3 is 5.97 Å². The first-order valence-corrected chi connectivity index (χ1v) is 16.5. The molecule has 1 amide bonds. The third-order valence-electron chi connectivity index (χ3n) is 9.69. The van der Waals surface area contributed by atoms with E-state index in [2.05, 4.69) is 25.2 Å². The van der Waals surface area contributed by atoms with E-state index in [4.69, 9.17) is 23.6 Å². The number of morpholine rings is 1. The third-order valence-corrected chi connectivity index (χ3v) is 9.69. The summed E-state index contributed by atoms with van der Waals surface area (Å²) in [6.45, 7) is 5.27. The number of nitrogens with zero attached hydrogens (tertiary/aromatic N) is 6. The number of alkyl halides is 2. The number of ether oxygens (including phenoxy) is 3. The Hall–Kier alpha value is -5.48. The summed E-state index contributed by atoms with van der Waals surface area (Å²) in [6, 6.07) is 11.0. The van der Waals surface area contributed by atoms with Gasteiger partial charge in [0.2, 0.25) is 11.8 Å². The number of amides is 1. The molecule has 4 aromatic heterocycles. The number of hydrogen-bond donors (Lipinski definition) is 2. The minimum atomic E-state index is -3.00. The van der Waals surface area contributed by atoms with Gasteiger partial charge in [-0.1, -0.05) is 12.1 Å². The van der Waals surface area contributed by atoms with E-state index in [-0.39, 0.29) is 47.7 Å². The van der Waals surface area contributed by atoms with E-state index in [9.17, 15) is 23.5 Å². The van der Waals surface area contributed by atoms with E-state index < -0.39 is 36.0 Å². The van der Waals surface area contributed by atoms with Gasteiger partial charge < -0.3 is 38.9 Å². The average molecular weight is 702 g/mol. The quantitative estimate of drug-likeness (QED) is 0.226. The lowest BCUT2D eigenvalue weighted by Gasteiger charge is -2.53. The van der Waals surface area contributed by atoms with Crippen LogP contribution in [0.4, 0.5) is 26.1 Å². The largest absolute Gasteiger partial charge is 0.480 e. The van der Waals surface area contributed by atoms with E-state index in [0.717, 1.165) is 11.1 Å². The van der Waals surface area contributed by atoms with Crippen LogP contribution in [0.2, 0.25) is 0 Å². The number of carboxylic acids is 1. The molecule has 0 saturated carbocycles. The first-order valence-electron chi connectivity index (χ1n) is 16.5. The lowest BCUT2D eigenvalue weighted by atomic mass is 9.90. The molecule has 1 aromatic carbocycles. The number of anilines is 3. The second kappa shape index (κ2) is 12.7. The van der Waals surface area contributed by atoms with Crippen LogP contribution in [0.15, 0.2) is 59.3 Å². The summed E-state index contributed by atoms with van der Waals surface area (Å²) >= 11 is 0. The molecule has 264 valence electrons. The SMILES string of the molecule is CC(=O)Nc1cc(-c2cnc(O[C@H]3C[C@@H](C(=O)O)N(c4nc(C(F)F)nc5c4oc4ccccc45)C3)c(N3CCOC4(COC4)[C@@H]3C)c2)ccn1. The topological polar surface area (TPSA) is 165 Å².